The van der Waals surface area contributed by atoms with E-state index in [1.54, 1.807) is 78.9 Å². The number of fused-ring (bicyclic) bond motifs is 2. The standard InChI is InChI=1S/C36H27F3N2O3S/c1-25-16-20-30(21-17-25)45(42,43)41(24-26-10-4-2-5-11-26)35-31(27-12-6-3-7-13-27)22-28-18-19-29(36(37,38)39)23-34(28)44-33-15-9-8-14-32(33)40-35/h2-23H,24H2,1H3. The van der Waals surface area contributed by atoms with E-state index in [0.29, 0.717) is 22.1 Å². The zero-order chi connectivity index (χ0) is 31.6. The lowest BCUT2D eigenvalue weighted by Crippen LogP contribution is -2.31. The number of para-hydroxylation sites is 2. The SMILES string of the molecule is Cc1ccc(S(=O)(=O)N(Cc2ccccc2)c2nc3ccccc3oc3cc(C(F)(F)F)ccc3cc2-c2ccccc2)cc1. The van der Waals surface area contributed by atoms with Crippen LogP contribution in [0.3, 0.4) is 0 Å². The van der Waals surface area contributed by atoms with Gasteiger partial charge in [0.15, 0.2) is 11.4 Å². The van der Waals surface area contributed by atoms with Crippen LogP contribution < -0.4 is 4.31 Å². The summed E-state index contributed by atoms with van der Waals surface area (Å²) in [5, 5.41) is 0.318. The van der Waals surface area contributed by atoms with Crippen LogP contribution in [0, 0.1) is 6.92 Å². The zero-order valence-electron chi connectivity index (χ0n) is 24.1. The Kier molecular flexibility index (Phi) is 8.03. The summed E-state index contributed by atoms with van der Waals surface area (Å²) in [5.41, 5.74) is 2.10. The molecule has 0 aliphatic carbocycles. The van der Waals surface area contributed by atoms with Gasteiger partial charge in [0.1, 0.15) is 11.1 Å². The molecule has 226 valence electrons. The van der Waals surface area contributed by atoms with Crippen LogP contribution in [0.25, 0.3) is 33.2 Å². The van der Waals surface area contributed by atoms with Crippen molar-refractivity contribution in [2.24, 2.45) is 0 Å². The van der Waals surface area contributed by atoms with Crippen LogP contribution in [0.5, 0.6) is 0 Å². The van der Waals surface area contributed by atoms with Gasteiger partial charge in [-0.1, -0.05) is 96.6 Å². The molecule has 5 nitrogen and oxygen atoms in total. The summed E-state index contributed by atoms with van der Waals surface area (Å²) in [4.78, 5) is 4.99. The second-order valence-corrected chi connectivity index (χ2v) is 12.4. The van der Waals surface area contributed by atoms with Gasteiger partial charge in [-0.3, -0.25) is 0 Å². The quantitative estimate of drug-likeness (QED) is 0.185. The number of nitrogens with zero attached hydrogens (tertiary/aromatic N) is 2. The van der Waals surface area contributed by atoms with Gasteiger partial charge in [0.05, 0.1) is 17.0 Å². The van der Waals surface area contributed by atoms with Crippen LogP contribution in [0.1, 0.15) is 16.7 Å². The van der Waals surface area contributed by atoms with Crippen LogP contribution in [0.2, 0.25) is 0 Å². The average molecular weight is 625 g/mol. The van der Waals surface area contributed by atoms with Gasteiger partial charge in [-0.15, -0.1) is 0 Å². The van der Waals surface area contributed by atoms with Gasteiger partial charge in [0.25, 0.3) is 10.0 Å². The molecule has 0 unspecified atom stereocenters. The van der Waals surface area contributed by atoms with Crippen molar-refractivity contribution in [1.82, 2.24) is 4.98 Å². The van der Waals surface area contributed by atoms with Gasteiger partial charge < -0.3 is 4.42 Å². The molecule has 9 heteroatoms. The normalized spacial score (nSPS) is 11.8. The molecule has 0 saturated carbocycles. The summed E-state index contributed by atoms with van der Waals surface area (Å²) < 4.78 is 77.9. The number of anilines is 1. The fourth-order valence-electron chi connectivity index (χ4n) is 4.95. The maximum atomic E-state index is 14.6. The Morgan fingerprint density at radius 3 is 2.07 bits per heavy atom. The van der Waals surface area contributed by atoms with E-state index in [-0.39, 0.29) is 33.9 Å². The predicted octanol–water partition coefficient (Wildman–Crippen LogP) is 9.50. The molecule has 0 aliphatic rings. The molecule has 45 heavy (non-hydrogen) atoms. The maximum absolute atomic E-state index is 14.6. The van der Waals surface area contributed by atoms with E-state index < -0.39 is 21.8 Å². The minimum Gasteiger partial charge on any atom is -0.454 e. The summed E-state index contributed by atoms with van der Waals surface area (Å²) in [7, 11) is -4.23. The lowest BCUT2D eigenvalue weighted by atomic mass is 10.0. The van der Waals surface area contributed by atoms with E-state index in [0.717, 1.165) is 17.7 Å². The van der Waals surface area contributed by atoms with Crippen molar-refractivity contribution in [3.63, 3.8) is 0 Å². The Bertz CT molecular complexity index is 2150. The molecule has 0 atom stereocenters. The third-order valence-corrected chi connectivity index (χ3v) is 9.04. The van der Waals surface area contributed by atoms with Crippen molar-refractivity contribution in [3.8, 4) is 11.1 Å². The first kappa shape index (κ1) is 29.9. The fraction of sp³-hybridized carbons (Fsp3) is 0.0833. The number of aromatic nitrogens is 1. The van der Waals surface area contributed by atoms with Gasteiger partial charge in [-0.2, -0.15) is 13.2 Å². The van der Waals surface area contributed by atoms with Crippen molar-refractivity contribution >= 4 is 37.9 Å². The van der Waals surface area contributed by atoms with Gasteiger partial charge >= 0.3 is 6.18 Å². The first-order chi connectivity index (χ1) is 21.6. The van der Waals surface area contributed by atoms with E-state index in [1.165, 1.54) is 10.4 Å². The van der Waals surface area contributed by atoms with Crippen molar-refractivity contribution in [2.75, 3.05) is 4.31 Å². The zero-order valence-corrected chi connectivity index (χ0v) is 24.9. The molecule has 0 bridgehead atoms. The van der Waals surface area contributed by atoms with E-state index in [4.69, 9.17) is 9.40 Å². The fourth-order valence-corrected chi connectivity index (χ4v) is 6.37. The first-order valence-electron chi connectivity index (χ1n) is 14.1. The molecule has 6 rings (SSSR count). The van der Waals surface area contributed by atoms with Crippen molar-refractivity contribution < 1.29 is 26.0 Å². The third-order valence-electron chi connectivity index (χ3n) is 7.29. The van der Waals surface area contributed by atoms with Gasteiger partial charge in [-0.25, -0.2) is 17.7 Å². The highest BCUT2D eigenvalue weighted by atomic mass is 32.2. The van der Waals surface area contributed by atoms with Crippen molar-refractivity contribution in [2.45, 2.75) is 24.5 Å². The number of halogens is 3. The number of alkyl halides is 3. The maximum Gasteiger partial charge on any atom is 0.416 e. The monoisotopic (exact) mass is 624 g/mol. The molecule has 1 heterocycles. The highest BCUT2D eigenvalue weighted by Crippen LogP contribution is 2.37. The summed E-state index contributed by atoms with van der Waals surface area (Å²) in [6.45, 7) is 1.80. The largest absolute Gasteiger partial charge is 0.454 e. The third kappa shape index (κ3) is 6.39. The molecule has 0 spiro atoms. The molecule has 0 fully saturated rings. The van der Waals surface area contributed by atoms with E-state index >= 15 is 0 Å². The molecule has 0 aliphatic heterocycles. The summed E-state index contributed by atoms with van der Waals surface area (Å²) in [5.74, 6) is 0.0782. The highest BCUT2D eigenvalue weighted by molar-refractivity contribution is 7.92. The minimum absolute atomic E-state index is 0.0434. The summed E-state index contributed by atoms with van der Waals surface area (Å²) >= 11 is 0. The van der Waals surface area contributed by atoms with Gasteiger partial charge in [0.2, 0.25) is 0 Å². The number of hydrogen-bond acceptors (Lipinski definition) is 4. The Labute approximate surface area is 258 Å². The molecule has 0 amide bonds. The minimum atomic E-state index is -4.60. The Morgan fingerprint density at radius 2 is 1.38 bits per heavy atom. The summed E-state index contributed by atoms with van der Waals surface area (Å²) in [6, 6.07) is 36.2. The predicted molar refractivity (Wildman–Crippen MR) is 171 cm³/mol. The Balaban J connectivity index is 1.77. The average Bonchev–Trinajstić information content (AvgIpc) is 3.10. The molecule has 5 aromatic carbocycles. The molecule has 6 aromatic rings. The molecular formula is C36H27F3N2O3S. The van der Waals surface area contributed by atoms with Crippen LogP contribution >= 0.6 is 0 Å². The molecule has 0 N–H and O–H groups in total. The van der Waals surface area contributed by atoms with Crippen molar-refractivity contribution in [1.29, 1.82) is 0 Å². The molecule has 0 saturated heterocycles. The van der Waals surface area contributed by atoms with E-state index in [2.05, 4.69) is 0 Å². The Morgan fingerprint density at radius 1 is 0.733 bits per heavy atom. The lowest BCUT2D eigenvalue weighted by molar-refractivity contribution is -0.137. The molecule has 0 radical (unpaired) electrons. The van der Waals surface area contributed by atoms with Gasteiger partial charge in [-0.05, 0) is 60.5 Å². The van der Waals surface area contributed by atoms with Crippen molar-refractivity contribution in [3.05, 3.63) is 150 Å². The molecule has 1 aromatic heterocycles. The lowest BCUT2D eigenvalue weighted by Gasteiger charge is -2.25. The number of rotatable bonds is 6. The van der Waals surface area contributed by atoms with Crippen LogP contribution in [-0.4, -0.2) is 13.4 Å². The van der Waals surface area contributed by atoms with Gasteiger partial charge in [0, 0.05) is 10.9 Å². The number of hydrogen-bond donors (Lipinski definition) is 0. The number of sulfonamides is 1. The smallest absolute Gasteiger partial charge is 0.416 e. The topological polar surface area (TPSA) is 63.4 Å². The van der Waals surface area contributed by atoms with Crippen LogP contribution in [0.4, 0.5) is 19.0 Å². The Hall–Kier alpha value is -5.15. The second kappa shape index (κ2) is 12.1. The van der Waals surface area contributed by atoms with E-state index in [9.17, 15) is 21.6 Å². The number of aryl methyl sites for hydroxylation is 1. The highest BCUT2D eigenvalue weighted by Gasteiger charge is 2.31. The van der Waals surface area contributed by atoms with Crippen LogP contribution in [0.15, 0.2) is 143 Å². The second-order valence-electron chi connectivity index (χ2n) is 10.5. The number of benzene rings is 5. The summed E-state index contributed by atoms with van der Waals surface area (Å²) in [6.07, 6.45) is -4.60. The van der Waals surface area contributed by atoms with E-state index in [1.807, 2.05) is 43.3 Å². The van der Waals surface area contributed by atoms with Crippen LogP contribution in [-0.2, 0) is 22.7 Å². The first-order valence-corrected chi connectivity index (χ1v) is 15.5. The molecular weight excluding hydrogens is 597 g/mol.